The summed E-state index contributed by atoms with van der Waals surface area (Å²) in [7, 11) is 0. The number of aryl methyl sites for hydroxylation is 1. The van der Waals surface area contributed by atoms with E-state index in [-0.39, 0.29) is 5.91 Å². The van der Waals surface area contributed by atoms with Gasteiger partial charge in [0.05, 0.1) is 17.9 Å². The molecule has 0 spiro atoms. The van der Waals surface area contributed by atoms with E-state index in [2.05, 4.69) is 20.4 Å². The van der Waals surface area contributed by atoms with Crippen molar-refractivity contribution in [1.29, 1.82) is 0 Å². The minimum Gasteiger partial charge on any atom is -0.353 e. The van der Waals surface area contributed by atoms with Crippen molar-refractivity contribution in [3.05, 3.63) is 83.5 Å². The monoisotopic (exact) mass is 428 g/mol. The smallest absolute Gasteiger partial charge is 0.242 e. The molecule has 8 nitrogen and oxygen atoms in total. The highest BCUT2D eigenvalue weighted by molar-refractivity contribution is 5.84. The molecule has 162 valence electrons. The molecule has 3 heterocycles. The lowest BCUT2D eigenvalue weighted by molar-refractivity contribution is -0.129. The molecule has 0 bridgehead atoms. The summed E-state index contributed by atoms with van der Waals surface area (Å²) in [5.74, 6) is 0.982. The number of nitrogens with zero attached hydrogens (tertiary/aromatic N) is 5. The van der Waals surface area contributed by atoms with E-state index >= 15 is 0 Å². The Morgan fingerprint density at radius 2 is 1.78 bits per heavy atom. The van der Waals surface area contributed by atoms with E-state index in [1.54, 1.807) is 0 Å². The van der Waals surface area contributed by atoms with E-state index in [1.165, 1.54) is 0 Å². The summed E-state index contributed by atoms with van der Waals surface area (Å²) in [5.41, 5.74) is 4.54. The molecule has 0 saturated carbocycles. The van der Waals surface area contributed by atoms with Gasteiger partial charge in [0.25, 0.3) is 0 Å². The average Bonchev–Trinajstić information content (AvgIpc) is 3.40. The molecule has 1 N–H and O–H groups in total. The van der Waals surface area contributed by atoms with Crippen LogP contribution in [-0.4, -0.2) is 43.8 Å². The summed E-state index contributed by atoms with van der Waals surface area (Å²) in [5, 5.41) is 11.8. The lowest BCUT2D eigenvalue weighted by Gasteiger charge is -2.34. The first kappa shape index (κ1) is 20.1. The number of aromatic nitrogens is 4. The van der Waals surface area contributed by atoms with E-state index < -0.39 is 6.04 Å². The van der Waals surface area contributed by atoms with Crippen molar-refractivity contribution in [2.75, 3.05) is 13.1 Å². The van der Waals surface area contributed by atoms with Crippen molar-refractivity contribution in [1.82, 2.24) is 30.1 Å². The second-order valence-corrected chi connectivity index (χ2v) is 7.87. The lowest BCUT2D eigenvalue weighted by atomic mass is 10.00. The fourth-order valence-corrected chi connectivity index (χ4v) is 4.27. The van der Waals surface area contributed by atoms with Crippen LogP contribution in [0, 0.1) is 13.8 Å². The summed E-state index contributed by atoms with van der Waals surface area (Å²) < 4.78 is 7.41. The lowest BCUT2D eigenvalue weighted by Crippen LogP contribution is -2.49. The van der Waals surface area contributed by atoms with Crippen LogP contribution in [-0.2, 0) is 11.3 Å². The Labute approximate surface area is 185 Å². The second-order valence-electron chi connectivity index (χ2n) is 7.87. The third-order valence-electron chi connectivity index (χ3n) is 5.77. The number of amides is 1. The van der Waals surface area contributed by atoms with Crippen molar-refractivity contribution >= 4 is 5.91 Å². The maximum atomic E-state index is 13.0. The van der Waals surface area contributed by atoms with Gasteiger partial charge in [-0.25, -0.2) is 4.68 Å². The predicted octanol–water partition coefficient (Wildman–Crippen LogP) is 3.21. The van der Waals surface area contributed by atoms with Crippen molar-refractivity contribution < 1.29 is 9.32 Å². The normalized spacial score (nSPS) is 16.8. The Balaban J connectivity index is 1.46. The Kier molecular flexibility index (Phi) is 5.28. The number of rotatable bonds is 5. The minimum absolute atomic E-state index is 0.0436. The van der Waals surface area contributed by atoms with E-state index in [9.17, 15) is 4.79 Å². The average molecular weight is 428 g/mol. The number of hydrogen-bond donors (Lipinski definition) is 1. The van der Waals surface area contributed by atoms with Crippen LogP contribution < -0.4 is 5.32 Å². The molecule has 8 heteroatoms. The van der Waals surface area contributed by atoms with Crippen LogP contribution in [0.2, 0.25) is 0 Å². The van der Waals surface area contributed by atoms with Gasteiger partial charge in [-0.2, -0.15) is 10.1 Å². The van der Waals surface area contributed by atoms with Gasteiger partial charge < -0.3 is 9.84 Å². The number of piperazine rings is 1. The fourth-order valence-electron chi connectivity index (χ4n) is 4.27. The molecule has 1 aliphatic heterocycles. The van der Waals surface area contributed by atoms with Crippen LogP contribution in [0.3, 0.4) is 0 Å². The summed E-state index contributed by atoms with van der Waals surface area (Å²) >= 11 is 0. The molecular formula is C24H24N6O2. The largest absolute Gasteiger partial charge is 0.353 e. The van der Waals surface area contributed by atoms with E-state index in [1.807, 2.05) is 79.2 Å². The van der Waals surface area contributed by atoms with E-state index in [4.69, 9.17) is 9.62 Å². The van der Waals surface area contributed by atoms with Crippen molar-refractivity contribution in [2.24, 2.45) is 0 Å². The van der Waals surface area contributed by atoms with Gasteiger partial charge in [0.1, 0.15) is 6.04 Å². The number of carbonyl (C=O) groups is 1. The molecule has 1 atom stereocenters. The summed E-state index contributed by atoms with van der Waals surface area (Å²) in [4.78, 5) is 19.6. The summed E-state index contributed by atoms with van der Waals surface area (Å²) in [6.45, 7) is 5.58. The molecule has 1 fully saturated rings. The molecular weight excluding hydrogens is 404 g/mol. The first-order valence-electron chi connectivity index (χ1n) is 10.6. The molecule has 5 rings (SSSR count). The van der Waals surface area contributed by atoms with Crippen LogP contribution in [0.15, 0.2) is 65.2 Å². The van der Waals surface area contributed by atoms with Crippen molar-refractivity contribution in [3.8, 4) is 17.1 Å². The van der Waals surface area contributed by atoms with Gasteiger partial charge in [-0.3, -0.25) is 9.69 Å². The molecule has 1 aliphatic rings. The van der Waals surface area contributed by atoms with Crippen LogP contribution in [0.1, 0.15) is 28.9 Å². The summed E-state index contributed by atoms with van der Waals surface area (Å²) in [6.07, 6.45) is 0. The Bertz CT molecular complexity index is 1230. The second kappa shape index (κ2) is 8.39. The Hall–Kier alpha value is -3.78. The molecule has 4 aromatic rings. The highest BCUT2D eigenvalue weighted by Crippen LogP contribution is 2.31. The fraction of sp³-hybridized carbons (Fsp3) is 0.250. The zero-order valence-electron chi connectivity index (χ0n) is 18.0. The molecule has 1 amide bonds. The molecule has 2 aromatic carbocycles. The number of hydrogen-bond acceptors (Lipinski definition) is 6. The Morgan fingerprint density at radius 3 is 2.53 bits per heavy atom. The van der Waals surface area contributed by atoms with Gasteiger partial charge in [-0.15, -0.1) is 0 Å². The third kappa shape index (κ3) is 3.69. The van der Waals surface area contributed by atoms with Gasteiger partial charge in [-0.1, -0.05) is 53.7 Å². The highest BCUT2D eigenvalue weighted by atomic mass is 16.5. The van der Waals surface area contributed by atoms with Crippen LogP contribution in [0.5, 0.6) is 0 Å². The zero-order chi connectivity index (χ0) is 22.1. The van der Waals surface area contributed by atoms with Gasteiger partial charge >= 0.3 is 0 Å². The number of benzene rings is 2. The van der Waals surface area contributed by atoms with Gasteiger partial charge in [0.2, 0.25) is 17.6 Å². The first-order chi connectivity index (χ1) is 15.6. The minimum atomic E-state index is -0.478. The number of carbonyl (C=O) groups excluding carboxylic acids is 1. The van der Waals surface area contributed by atoms with Crippen molar-refractivity contribution in [3.63, 3.8) is 0 Å². The van der Waals surface area contributed by atoms with Gasteiger partial charge in [0.15, 0.2) is 0 Å². The maximum absolute atomic E-state index is 13.0. The standard InChI is InChI=1S/C24H24N6O2/c1-16-21(17(2)30(27-16)19-11-7-4-8-12-19)22-24(31)25-13-14-29(22)15-20-26-23(28-32-20)18-9-5-3-6-10-18/h3-12,22H,13-15H2,1-2H3,(H,25,31). The topological polar surface area (TPSA) is 89.1 Å². The molecule has 2 aromatic heterocycles. The van der Waals surface area contributed by atoms with Crippen LogP contribution in [0.4, 0.5) is 0 Å². The SMILES string of the molecule is Cc1nn(-c2ccccc2)c(C)c1C1C(=O)NCCN1Cc1nc(-c2ccccc2)no1. The van der Waals surface area contributed by atoms with Crippen LogP contribution >= 0.6 is 0 Å². The molecule has 1 unspecified atom stereocenters. The quantitative estimate of drug-likeness (QED) is 0.525. The molecule has 32 heavy (non-hydrogen) atoms. The van der Waals surface area contributed by atoms with Crippen LogP contribution in [0.25, 0.3) is 17.1 Å². The zero-order valence-corrected chi connectivity index (χ0v) is 18.0. The molecule has 0 radical (unpaired) electrons. The molecule has 0 aliphatic carbocycles. The van der Waals surface area contributed by atoms with Crippen molar-refractivity contribution in [2.45, 2.75) is 26.4 Å². The third-order valence-corrected chi connectivity index (χ3v) is 5.77. The maximum Gasteiger partial charge on any atom is 0.242 e. The Morgan fingerprint density at radius 1 is 1.06 bits per heavy atom. The molecule has 1 saturated heterocycles. The predicted molar refractivity (Wildman–Crippen MR) is 119 cm³/mol. The van der Waals surface area contributed by atoms with E-state index in [0.717, 1.165) is 28.2 Å². The first-order valence-corrected chi connectivity index (χ1v) is 10.6. The number of nitrogens with one attached hydrogen (secondary N) is 1. The highest BCUT2D eigenvalue weighted by Gasteiger charge is 2.36. The van der Waals surface area contributed by atoms with Gasteiger partial charge in [0, 0.05) is 29.9 Å². The number of para-hydroxylation sites is 1. The van der Waals surface area contributed by atoms with Gasteiger partial charge in [-0.05, 0) is 26.0 Å². The summed E-state index contributed by atoms with van der Waals surface area (Å²) in [6, 6.07) is 19.2. The van der Waals surface area contributed by atoms with E-state index in [0.29, 0.717) is 31.3 Å².